The number of aromatic nitrogens is 2. The van der Waals surface area contributed by atoms with E-state index in [4.69, 9.17) is 5.84 Å². The van der Waals surface area contributed by atoms with E-state index < -0.39 is 0 Å². The van der Waals surface area contributed by atoms with Gasteiger partial charge in [-0.2, -0.15) is 0 Å². The highest BCUT2D eigenvalue weighted by Gasteiger charge is 2.10. The van der Waals surface area contributed by atoms with Crippen molar-refractivity contribution in [1.82, 2.24) is 10.2 Å². The summed E-state index contributed by atoms with van der Waals surface area (Å²) in [7, 11) is 0. The molecule has 0 spiro atoms. The summed E-state index contributed by atoms with van der Waals surface area (Å²) < 4.78 is 1.88. The maximum Gasteiger partial charge on any atom is 0.276 e. The number of carbonyl (C=O) groups is 1. The quantitative estimate of drug-likeness (QED) is 0.392. The number of nitrogens with two attached hydrogens (primary N) is 1. The van der Waals surface area contributed by atoms with Gasteiger partial charge in [-0.1, -0.05) is 0 Å². The first-order valence-electron chi connectivity index (χ1n) is 5.17. The van der Waals surface area contributed by atoms with Crippen molar-refractivity contribution in [3.63, 3.8) is 0 Å². The lowest BCUT2D eigenvalue weighted by molar-refractivity contribution is 0.102. The first-order chi connectivity index (χ1) is 9.10. The molecule has 1 heterocycles. The maximum atomic E-state index is 12.0. The van der Waals surface area contributed by atoms with Crippen molar-refractivity contribution in [2.75, 3.05) is 10.7 Å². The molecule has 98 valence electrons. The van der Waals surface area contributed by atoms with Crippen molar-refractivity contribution in [2.24, 2.45) is 5.84 Å². The number of amides is 1. The topological polar surface area (TPSA) is 92.9 Å². The molecule has 1 amide bonds. The summed E-state index contributed by atoms with van der Waals surface area (Å²) in [4.78, 5) is 12.0. The zero-order valence-corrected chi connectivity index (χ0v) is 13.3. The van der Waals surface area contributed by atoms with Crippen molar-refractivity contribution in [3.8, 4) is 0 Å². The third-order valence-electron chi connectivity index (χ3n) is 2.22. The van der Waals surface area contributed by atoms with E-state index in [0.717, 1.165) is 8.04 Å². The fourth-order valence-corrected chi connectivity index (χ4v) is 2.70. The normalized spacial score (nSPS) is 10.1. The molecule has 0 unspecified atom stereocenters. The first-order valence-corrected chi connectivity index (χ1v) is 7.04. The number of hydrogen-bond donors (Lipinski definition) is 3. The van der Waals surface area contributed by atoms with E-state index in [1.165, 1.54) is 6.07 Å². The van der Waals surface area contributed by atoms with Crippen LogP contribution in [0.4, 0.5) is 11.5 Å². The third kappa shape index (κ3) is 3.61. The van der Waals surface area contributed by atoms with Gasteiger partial charge in [0.1, 0.15) is 0 Å². The zero-order valence-electron chi connectivity index (χ0n) is 9.52. The van der Waals surface area contributed by atoms with Gasteiger partial charge >= 0.3 is 0 Å². The first kappa shape index (κ1) is 14.2. The number of benzene rings is 1. The number of hydrogen-bond acceptors (Lipinski definition) is 5. The van der Waals surface area contributed by atoms with E-state index in [2.05, 4.69) is 59.5 Å². The minimum atomic E-state index is -0.335. The zero-order chi connectivity index (χ0) is 13.8. The van der Waals surface area contributed by atoms with Crippen LogP contribution in [-0.2, 0) is 0 Å². The fraction of sp³-hybridized carbons (Fsp3) is 0. The summed E-state index contributed by atoms with van der Waals surface area (Å²) in [6.45, 7) is 0. The van der Waals surface area contributed by atoms with E-state index in [0.29, 0.717) is 11.5 Å². The van der Waals surface area contributed by atoms with Gasteiger partial charge in [0.05, 0.1) is 5.69 Å². The van der Waals surface area contributed by atoms with Crippen molar-refractivity contribution in [2.45, 2.75) is 0 Å². The maximum absolute atomic E-state index is 12.0. The molecule has 0 fully saturated rings. The van der Waals surface area contributed by atoms with Crippen molar-refractivity contribution >= 4 is 55.9 Å². The number of hydrazine groups is 1. The number of rotatable bonds is 3. The molecule has 0 atom stereocenters. The fourth-order valence-electron chi connectivity index (χ4n) is 1.31. The van der Waals surface area contributed by atoms with Gasteiger partial charge in [0.2, 0.25) is 0 Å². The van der Waals surface area contributed by atoms with Gasteiger partial charge in [-0.3, -0.25) is 4.79 Å². The molecule has 0 aliphatic rings. The predicted molar refractivity (Wildman–Crippen MR) is 84.7 cm³/mol. The minimum Gasteiger partial charge on any atom is -0.320 e. The van der Waals surface area contributed by atoms with Crippen LogP contribution in [0.1, 0.15) is 10.5 Å². The van der Waals surface area contributed by atoms with Crippen LogP contribution in [0, 0.1) is 3.57 Å². The molecular weight excluding hydrogens is 425 g/mol. The van der Waals surface area contributed by atoms with Crippen LogP contribution in [0.15, 0.2) is 34.8 Å². The largest absolute Gasteiger partial charge is 0.320 e. The molecule has 0 saturated heterocycles. The second-order valence-corrected chi connectivity index (χ2v) is 5.63. The summed E-state index contributed by atoms with van der Waals surface area (Å²) in [5.41, 5.74) is 3.23. The van der Waals surface area contributed by atoms with Crippen LogP contribution in [-0.4, -0.2) is 16.1 Å². The predicted octanol–water partition coefficient (Wildman–Crippen LogP) is 2.38. The molecule has 2 rings (SSSR count). The lowest BCUT2D eigenvalue weighted by Crippen LogP contribution is -2.16. The third-order valence-corrected chi connectivity index (χ3v) is 3.55. The minimum absolute atomic E-state index is 0.212. The summed E-state index contributed by atoms with van der Waals surface area (Å²) in [5, 5.41) is 10.3. The van der Waals surface area contributed by atoms with Crippen LogP contribution in [0.2, 0.25) is 0 Å². The highest BCUT2D eigenvalue weighted by Crippen LogP contribution is 2.24. The SMILES string of the molecule is NNc1ccc(C(=O)Nc2ccc(I)cc2Br)nn1. The molecule has 6 nitrogen and oxygen atoms in total. The summed E-state index contributed by atoms with van der Waals surface area (Å²) in [6.07, 6.45) is 0. The van der Waals surface area contributed by atoms with Crippen molar-refractivity contribution in [3.05, 3.63) is 44.1 Å². The Morgan fingerprint density at radius 1 is 1.26 bits per heavy atom. The number of carbonyl (C=O) groups excluding carboxylic acids is 1. The van der Waals surface area contributed by atoms with Crippen LogP contribution in [0.3, 0.4) is 0 Å². The lowest BCUT2D eigenvalue weighted by Gasteiger charge is -2.07. The molecule has 0 radical (unpaired) electrons. The summed E-state index contributed by atoms with van der Waals surface area (Å²) >= 11 is 5.58. The van der Waals surface area contributed by atoms with Gasteiger partial charge < -0.3 is 10.7 Å². The molecule has 0 aliphatic carbocycles. The van der Waals surface area contributed by atoms with Crippen molar-refractivity contribution < 1.29 is 4.79 Å². The summed E-state index contributed by atoms with van der Waals surface area (Å²) in [5.74, 6) is 5.23. The molecule has 0 bridgehead atoms. The highest BCUT2D eigenvalue weighted by molar-refractivity contribution is 14.1. The molecule has 19 heavy (non-hydrogen) atoms. The second kappa shape index (κ2) is 6.26. The Kier molecular flexibility index (Phi) is 4.66. The van der Waals surface area contributed by atoms with Crippen LogP contribution in [0.5, 0.6) is 0 Å². The van der Waals surface area contributed by atoms with E-state index in [1.807, 2.05) is 18.2 Å². The standard InChI is InChI=1S/C11H9BrIN5O/c12-7-5-6(13)1-2-8(7)15-11(19)9-3-4-10(16-14)18-17-9/h1-5H,14H2,(H,15,19)(H,16,18). The van der Waals surface area contributed by atoms with Gasteiger partial charge in [-0.15, -0.1) is 10.2 Å². The van der Waals surface area contributed by atoms with E-state index in [1.54, 1.807) is 6.07 Å². The molecule has 2 aromatic rings. The number of halogens is 2. The van der Waals surface area contributed by atoms with Gasteiger partial charge in [-0.05, 0) is 68.9 Å². The number of anilines is 2. The van der Waals surface area contributed by atoms with Gasteiger partial charge in [0, 0.05) is 8.04 Å². The van der Waals surface area contributed by atoms with E-state index in [-0.39, 0.29) is 11.6 Å². The molecular formula is C11H9BrIN5O. The Balaban J connectivity index is 2.15. The number of nitrogens with zero attached hydrogens (tertiary/aromatic N) is 2. The van der Waals surface area contributed by atoms with Crippen molar-refractivity contribution in [1.29, 1.82) is 0 Å². The molecule has 1 aromatic heterocycles. The Hall–Kier alpha value is -1.26. The van der Waals surface area contributed by atoms with E-state index in [9.17, 15) is 4.79 Å². The lowest BCUT2D eigenvalue weighted by atomic mass is 10.3. The molecule has 0 saturated carbocycles. The molecule has 0 aliphatic heterocycles. The van der Waals surface area contributed by atoms with Gasteiger partial charge in [0.15, 0.2) is 11.5 Å². The smallest absolute Gasteiger partial charge is 0.276 e. The Bertz CT molecular complexity index is 605. The Labute approximate surface area is 131 Å². The number of nitrogen functional groups attached to an aromatic ring is 1. The van der Waals surface area contributed by atoms with Crippen LogP contribution >= 0.6 is 38.5 Å². The Morgan fingerprint density at radius 2 is 2.05 bits per heavy atom. The molecule has 4 N–H and O–H groups in total. The molecule has 1 aromatic carbocycles. The second-order valence-electron chi connectivity index (χ2n) is 3.53. The average molecular weight is 434 g/mol. The average Bonchev–Trinajstić information content (AvgIpc) is 2.42. The number of nitrogens with one attached hydrogen (secondary N) is 2. The van der Waals surface area contributed by atoms with E-state index >= 15 is 0 Å². The highest BCUT2D eigenvalue weighted by atomic mass is 127. The van der Waals surface area contributed by atoms with Crippen LogP contribution in [0.25, 0.3) is 0 Å². The Morgan fingerprint density at radius 3 is 2.63 bits per heavy atom. The van der Waals surface area contributed by atoms with Gasteiger partial charge in [0.25, 0.3) is 5.91 Å². The summed E-state index contributed by atoms with van der Waals surface area (Å²) in [6, 6.07) is 8.73. The van der Waals surface area contributed by atoms with Crippen LogP contribution < -0.4 is 16.6 Å². The van der Waals surface area contributed by atoms with Gasteiger partial charge in [-0.25, -0.2) is 5.84 Å². The molecule has 8 heteroatoms. The monoisotopic (exact) mass is 433 g/mol.